The van der Waals surface area contributed by atoms with Crippen molar-refractivity contribution in [3.8, 4) is 11.5 Å². The zero-order chi connectivity index (χ0) is 21.0. The summed E-state index contributed by atoms with van der Waals surface area (Å²) in [4.78, 5) is 27.2. The van der Waals surface area contributed by atoms with Crippen LogP contribution in [0.5, 0.6) is 11.5 Å². The Morgan fingerprint density at radius 1 is 1.03 bits per heavy atom. The molecule has 1 aliphatic rings. The molecule has 0 spiro atoms. The zero-order valence-electron chi connectivity index (χ0n) is 16.8. The molecular formula is C23H25NO5. The molecule has 1 saturated heterocycles. The van der Waals surface area contributed by atoms with Crippen LogP contribution in [0.1, 0.15) is 36.9 Å². The highest BCUT2D eigenvalue weighted by molar-refractivity contribution is 6.46. The fourth-order valence-corrected chi connectivity index (χ4v) is 3.56. The number of Topliss-reactive ketones (excluding diaryl/α,β-unsaturated/α-hetero) is 1. The van der Waals surface area contributed by atoms with Gasteiger partial charge in [-0.1, -0.05) is 43.7 Å². The van der Waals surface area contributed by atoms with Crippen molar-refractivity contribution >= 4 is 17.4 Å². The Balaban J connectivity index is 2.15. The maximum absolute atomic E-state index is 12.9. The second-order valence-electron chi connectivity index (χ2n) is 6.83. The van der Waals surface area contributed by atoms with E-state index in [0.717, 1.165) is 18.4 Å². The second-order valence-corrected chi connectivity index (χ2v) is 6.83. The van der Waals surface area contributed by atoms with Crippen LogP contribution in [0.15, 0.2) is 54.1 Å². The van der Waals surface area contributed by atoms with E-state index >= 15 is 0 Å². The summed E-state index contributed by atoms with van der Waals surface area (Å²) >= 11 is 0. The number of methoxy groups -OCH3 is 2. The lowest BCUT2D eigenvalue weighted by Crippen LogP contribution is -2.30. The fraction of sp³-hybridized carbons (Fsp3) is 0.304. The van der Waals surface area contributed by atoms with Gasteiger partial charge in [-0.3, -0.25) is 9.59 Å². The van der Waals surface area contributed by atoms with Gasteiger partial charge in [0, 0.05) is 12.1 Å². The van der Waals surface area contributed by atoms with E-state index in [-0.39, 0.29) is 11.3 Å². The molecule has 1 N–H and O–H groups in total. The molecule has 0 bridgehead atoms. The van der Waals surface area contributed by atoms with E-state index < -0.39 is 17.7 Å². The number of hydrogen-bond donors (Lipinski definition) is 1. The summed E-state index contributed by atoms with van der Waals surface area (Å²) in [6, 6.07) is 13.5. The maximum Gasteiger partial charge on any atom is 0.295 e. The molecule has 1 fully saturated rings. The molecule has 29 heavy (non-hydrogen) atoms. The van der Waals surface area contributed by atoms with Gasteiger partial charge in [0.15, 0.2) is 11.5 Å². The standard InChI is InChI=1S/C23H25NO5/c1-4-5-13-24-20(15-9-7-6-8-10-15)19(22(26)23(24)27)21(25)16-11-12-17(28-2)18(14-16)29-3/h6-12,14,20,25H,4-5,13H2,1-3H3/b21-19-. The van der Waals surface area contributed by atoms with Crippen molar-refractivity contribution in [1.29, 1.82) is 0 Å². The van der Waals surface area contributed by atoms with E-state index in [4.69, 9.17) is 9.47 Å². The highest BCUT2D eigenvalue weighted by Crippen LogP contribution is 2.40. The van der Waals surface area contributed by atoms with Crippen LogP contribution in [0.2, 0.25) is 0 Å². The molecule has 0 aliphatic carbocycles. The molecule has 0 radical (unpaired) electrons. The number of unbranched alkanes of at least 4 members (excludes halogenated alkanes) is 1. The van der Waals surface area contributed by atoms with Crippen LogP contribution in [0, 0.1) is 0 Å². The molecule has 1 heterocycles. The molecule has 0 aromatic heterocycles. The van der Waals surface area contributed by atoms with Gasteiger partial charge in [-0.25, -0.2) is 0 Å². The minimum atomic E-state index is -0.678. The first kappa shape index (κ1) is 20.5. The summed E-state index contributed by atoms with van der Waals surface area (Å²) in [5.74, 6) is -0.561. The summed E-state index contributed by atoms with van der Waals surface area (Å²) < 4.78 is 10.5. The van der Waals surface area contributed by atoms with Crippen LogP contribution in [0.4, 0.5) is 0 Å². The number of rotatable bonds is 7. The van der Waals surface area contributed by atoms with E-state index in [1.54, 1.807) is 23.1 Å². The predicted molar refractivity (Wildman–Crippen MR) is 110 cm³/mol. The van der Waals surface area contributed by atoms with E-state index in [1.165, 1.54) is 14.2 Å². The maximum atomic E-state index is 12.9. The molecule has 1 unspecified atom stereocenters. The fourth-order valence-electron chi connectivity index (χ4n) is 3.56. The van der Waals surface area contributed by atoms with Crippen molar-refractivity contribution in [3.05, 3.63) is 65.2 Å². The Morgan fingerprint density at radius 3 is 2.34 bits per heavy atom. The summed E-state index contributed by atoms with van der Waals surface area (Å²) in [6.45, 7) is 2.47. The first-order valence-electron chi connectivity index (χ1n) is 9.59. The summed E-state index contributed by atoms with van der Waals surface area (Å²) in [5, 5.41) is 11.1. The van der Waals surface area contributed by atoms with Gasteiger partial charge in [0.2, 0.25) is 0 Å². The number of ketones is 1. The van der Waals surface area contributed by atoms with Gasteiger partial charge in [-0.05, 0) is 30.2 Å². The number of aliphatic hydroxyl groups excluding tert-OH is 1. The second kappa shape index (κ2) is 8.82. The van der Waals surface area contributed by atoms with Gasteiger partial charge >= 0.3 is 0 Å². The van der Waals surface area contributed by atoms with Crippen LogP contribution in [-0.2, 0) is 9.59 Å². The van der Waals surface area contributed by atoms with Gasteiger partial charge in [-0.15, -0.1) is 0 Å². The number of carbonyl (C=O) groups excluding carboxylic acids is 2. The largest absolute Gasteiger partial charge is 0.507 e. The minimum Gasteiger partial charge on any atom is -0.507 e. The number of benzene rings is 2. The zero-order valence-corrected chi connectivity index (χ0v) is 16.8. The molecule has 2 aromatic carbocycles. The molecular weight excluding hydrogens is 370 g/mol. The smallest absolute Gasteiger partial charge is 0.295 e. The molecule has 152 valence electrons. The van der Waals surface area contributed by atoms with Crippen molar-refractivity contribution < 1.29 is 24.2 Å². The van der Waals surface area contributed by atoms with Gasteiger partial charge in [0.05, 0.1) is 25.8 Å². The highest BCUT2D eigenvalue weighted by Gasteiger charge is 2.45. The van der Waals surface area contributed by atoms with Gasteiger partial charge in [0.25, 0.3) is 11.7 Å². The third-order valence-electron chi connectivity index (χ3n) is 5.06. The predicted octanol–water partition coefficient (Wildman–Crippen LogP) is 3.93. The molecule has 1 amide bonds. The van der Waals surface area contributed by atoms with Gasteiger partial charge in [-0.2, -0.15) is 0 Å². The van der Waals surface area contributed by atoms with Gasteiger partial charge in [0.1, 0.15) is 5.76 Å². The third-order valence-corrected chi connectivity index (χ3v) is 5.06. The Bertz CT molecular complexity index is 936. The Morgan fingerprint density at radius 2 is 1.72 bits per heavy atom. The van der Waals surface area contributed by atoms with Crippen LogP contribution < -0.4 is 9.47 Å². The van der Waals surface area contributed by atoms with E-state index in [9.17, 15) is 14.7 Å². The first-order valence-corrected chi connectivity index (χ1v) is 9.59. The number of likely N-dealkylation sites (tertiary alicyclic amines) is 1. The number of amides is 1. The Kier molecular flexibility index (Phi) is 6.22. The van der Waals surface area contributed by atoms with Crippen molar-refractivity contribution in [3.63, 3.8) is 0 Å². The van der Waals surface area contributed by atoms with Crippen molar-refractivity contribution in [2.45, 2.75) is 25.8 Å². The lowest BCUT2D eigenvalue weighted by Gasteiger charge is -2.25. The SMILES string of the molecule is CCCCN1C(=O)C(=O)/C(=C(\O)c2ccc(OC)c(OC)c2)C1c1ccccc1. The topological polar surface area (TPSA) is 76.1 Å². The molecule has 0 saturated carbocycles. The van der Waals surface area contributed by atoms with Gasteiger partial charge < -0.3 is 19.5 Å². The first-order chi connectivity index (χ1) is 14.0. The molecule has 6 nitrogen and oxygen atoms in total. The monoisotopic (exact) mass is 395 g/mol. The van der Waals surface area contributed by atoms with Crippen LogP contribution >= 0.6 is 0 Å². The van der Waals surface area contributed by atoms with E-state index in [2.05, 4.69) is 0 Å². The molecule has 2 aromatic rings. The number of nitrogens with zero attached hydrogens (tertiary/aromatic N) is 1. The summed E-state index contributed by atoms with van der Waals surface area (Å²) in [6.07, 6.45) is 1.66. The van der Waals surface area contributed by atoms with E-state index in [1.807, 2.05) is 37.3 Å². The lowest BCUT2D eigenvalue weighted by atomic mass is 9.95. The molecule has 6 heteroatoms. The van der Waals surface area contributed by atoms with Crippen molar-refractivity contribution in [2.24, 2.45) is 0 Å². The molecule has 1 atom stereocenters. The number of hydrogen-bond acceptors (Lipinski definition) is 5. The summed E-state index contributed by atoms with van der Waals surface area (Å²) in [5.41, 5.74) is 1.26. The van der Waals surface area contributed by atoms with Crippen molar-refractivity contribution in [2.75, 3.05) is 20.8 Å². The number of aliphatic hydroxyl groups is 1. The van der Waals surface area contributed by atoms with Crippen molar-refractivity contribution in [1.82, 2.24) is 4.90 Å². The third kappa shape index (κ3) is 3.83. The van der Waals surface area contributed by atoms with Crippen LogP contribution in [0.25, 0.3) is 5.76 Å². The lowest BCUT2D eigenvalue weighted by molar-refractivity contribution is -0.139. The molecule has 1 aliphatic heterocycles. The Hall–Kier alpha value is -3.28. The average molecular weight is 395 g/mol. The highest BCUT2D eigenvalue weighted by atomic mass is 16.5. The Labute approximate surface area is 170 Å². The normalized spacial score (nSPS) is 18.2. The number of ether oxygens (including phenoxy) is 2. The average Bonchev–Trinajstić information content (AvgIpc) is 3.01. The molecule has 3 rings (SSSR count). The summed E-state index contributed by atoms with van der Waals surface area (Å²) in [7, 11) is 3.02. The quantitative estimate of drug-likeness (QED) is 0.437. The van der Waals surface area contributed by atoms with Crippen LogP contribution in [-0.4, -0.2) is 42.5 Å². The van der Waals surface area contributed by atoms with Crippen LogP contribution in [0.3, 0.4) is 0 Å². The number of carbonyl (C=O) groups is 2. The van der Waals surface area contributed by atoms with E-state index in [0.29, 0.717) is 23.6 Å². The minimum absolute atomic E-state index is 0.0875.